The number of rotatable bonds is 2. The van der Waals surface area contributed by atoms with Crippen LogP contribution >= 0.6 is 0 Å². The highest BCUT2D eigenvalue weighted by molar-refractivity contribution is 6.05. The van der Waals surface area contributed by atoms with Crippen molar-refractivity contribution in [1.29, 1.82) is 0 Å². The summed E-state index contributed by atoms with van der Waals surface area (Å²) in [5.74, 6) is 3.04. The summed E-state index contributed by atoms with van der Waals surface area (Å²) in [6.45, 7) is 29.0. The number of nitrogens with one attached hydrogen (secondary N) is 1. The number of nitrogens with zero attached hydrogens (tertiary/aromatic N) is 5. The van der Waals surface area contributed by atoms with Crippen molar-refractivity contribution in [3.8, 4) is 17.2 Å². The first-order valence-electron chi connectivity index (χ1n) is 35.6. The third kappa shape index (κ3) is 11.2. The summed E-state index contributed by atoms with van der Waals surface area (Å²) in [5, 5.41) is 11.7. The van der Waals surface area contributed by atoms with E-state index in [1.807, 2.05) is 39.0 Å². The average Bonchev–Trinajstić information content (AvgIpc) is 1.57. The number of ether oxygens (including phenoxy) is 1. The number of hydrogen-bond donors (Lipinski definition) is 4. The van der Waals surface area contributed by atoms with E-state index in [0.717, 1.165) is 95.9 Å². The van der Waals surface area contributed by atoms with Crippen LogP contribution in [0.5, 0.6) is 11.5 Å². The highest BCUT2D eigenvalue weighted by Gasteiger charge is 2.58. The van der Waals surface area contributed by atoms with E-state index in [9.17, 15) is 14.7 Å². The number of Topliss-reactive ketones (excluding diaryl/α,β-unsaturated/α-hetero) is 2. The molecule has 0 aliphatic heterocycles. The van der Waals surface area contributed by atoms with Crippen LogP contribution in [0, 0.1) is 34.6 Å². The van der Waals surface area contributed by atoms with Crippen molar-refractivity contribution >= 4 is 45.3 Å². The molecule has 4 aromatic carbocycles. The molecule has 12 heteroatoms. The Balaban J connectivity index is 0.000000116. The van der Waals surface area contributed by atoms with Crippen molar-refractivity contribution in [2.24, 2.45) is 0 Å². The van der Waals surface area contributed by atoms with Crippen LogP contribution in [0.25, 0.3) is 27.8 Å². The maximum atomic E-state index is 13.2. The number of aromatic nitrogens is 6. The number of aromatic amines is 1. The van der Waals surface area contributed by atoms with E-state index in [-0.39, 0.29) is 21.7 Å². The number of carbonyl (C=O) groups is 2. The zero-order valence-electron chi connectivity index (χ0n) is 59.2. The van der Waals surface area contributed by atoms with Gasteiger partial charge in [0, 0.05) is 28.9 Å². The number of ketones is 2. The van der Waals surface area contributed by atoms with Crippen LogP contribution in [0.3, 0.4) is 0 Å². The fourth-order valence-electron chi connectivity index (χ4n) is 21.0. The number of nitrogens with two attached hydrogens (primary N) is 2. The van der Waals surface area contributed by atoms with Crippen molar-refractivity contribution in [1.82, 2.24) is 29.5 Å². The molecule has 4 fully saturated rings. The van der Waals surface area contributed by atoms with Gasteiger partial charge in [0.15, 0.2) is 11.6 Å². The summed E-state index contributed by atoms with van der Waals surface area (Å²) >= 11 is 0. The Morgan fingerprint density at radius 2 is 0.947 bits per heavy atom. The van der Waals surface area contributed by atoms with Crippen LogP contribution < -0.4 is 16.2 Å². The SMILES string of the molecule is COc1cc(C)c2c(c1)C1(CCCCC1)C(=O)C2(C)C.Cc1cc(-n2ccc3c(N)ncnc32)cc2c1C(C)(C)CC21CCCCC1.Cc1cc(C)c2c(c1)C1(CCCCC1)CC2(C)C.Cc1cc(O)cc2c1C(C)(C)C(=O)C21CCCCC1.Nc1ncnc2[nH]ccc12. The number of phenolic OH excluding ortho intramolecular Hbond substituents is 1. The van der Waals surface area contributed by atoms with Gasteiger partial charge in [-0.25, -0.2) is 19.9 Å². The maximum absolute atomic E-state index is 13.2. The Morgan fingerprint density at radius 3 is 1.47 bits per heavy atom. The van der Waals surface area contributed by atoms with Crippen LogP contribution in [0.4, 0.5) is 11.6 Å². The molecule has 4 spiro atoms. The van der Waals surface area contributed by atoms with Gasteiger partial charge in [-0.15, -0.1) is 0 Å². The first-order chi connectivity index (χ1) is 44.6. The van der Waals surface area contributed by atoms with E-state index >= 15 is 0 Å². The maximum Gasteiger partial charge on any atom is 0.153 e. The summed E-state index contributed by atoms with van der Waals surface area (Å²) in [7, 11) is 1.70. The Morgan fingerprint density at radius 1 is 0.489 bits per heavy atom. The second-order valence-electron chi connectivity index (χ2n) is 32.4. The Hall–Kier alpha value is -7.34. The third-order valence-corrected chi connectivity index (χ3v) is 24.2. The normalized spacial score (nSPS) is 21.2. The molecule has 0 saturated heterocycles. The number of methoxy groups -OCH3 is 1. The number of benzene rings is 4. The summed E-state index contributed by atoms with van der Waals surface area (Å²) in [4.78, 5) is 45.6. The van der Waals surface area contributed by atoms with Gasteiger partial charge in [-0.3, -0.25) is 9.59 Å². The predicted octanol–water partition coefficient (Wildman–Crippen LogP) is 18.7. The third-order valence-electron chi connectivity index (χ3n) is 24.2. The molecule has 0 bridgehead atoms. The monoisotopic (exact) mass is 1270 g/mol. The van der Waals surface area contributed by atoms with E-state index in [0.29, 0.717) is 45.2 Å². The van der Waals surface area contributed by atoms with E-state index in [2.05, 4.69) is 141 Å². The predicted molar refractivity (Wildman–Crippen MR) is 383 cm³/mol. The van der Waals surface area contributed by atoms with Crippen LogP contribution in [0.15, 0.2) is 85.7 Å². The molecule has 498 valence electrons. The number of anilines is 2. The molecule has 12 nitrogen and oxygen atoms in total. The molecular weight excluding hydrogens is 1160 g/mol. The minimum Gasteiger partial charge on any atom is -0.508 e. The topological polar surface area (TPSA) is 188 Å². The molecule has 94 heavy (non-hydrogen) atoms. The molecule has 8 aliphatic rings. The molecule has 4 heterocycles. The summed E-state index contributed by atoms with van der Waals surface area (Å²) in [6.07, 6.45) is 34.4. The largest absolute Gasteiger partial charge is 0.508 e. The minimum absolute atomic E-state index is 0.240. The van der Waals surface area contributed by atoms with Crippen molar-refractivity contribution in [3.63, 3.8) is 0 Å². The standard InChI is InChI=1S/C23H28N4.C18H24O2.C18H26.C17H22O2.C6H6N4/c1-15-11-16(27-10-7-17-20(24)25-14-26-21(17)27)12-18-19(15)22(2,3)13-23(18)8-5-4-6-9-23;1-12-10-13(20-4)11-14-15(12)17(2,3)16(19)18(14)8-6-5-7-9-18;1-13-10-14(2)16-15(11-13)18(12-17(16,3)4)8-6-5-7-9-18;1-11-9-12(18)10-13-14(11)16(2,3)15(19)17(13)7-5-4-6-8-17;7-5-4-1-2-8-6(4)10-3-9-5/h7,10-12,14H,4-6,8-9,13H2,1-3H3,(H2,24,25,26);10-11H,5-9H2,1-4H3;10-11H,5-9,12H2,1-4H3;9-10,18H,4-8H2,1-3H3;1-3H,(H3,7,8,9,10). The Bertz CT molecular complexity index is 4210. The molecule has 4 saturated carbocycles. The molecule has 0 atom stereocenters. The molecule has 0 amide bonds. The molecule has 8 aromatic rings. The number of H-pyrrole nitrogens is 1. The number of aryl methyl sites for hydroxylation is 5. The average molecular weight is 1270 g/mol. The minimum atomic E-state index is -0.412. The molecule has 16 rings (SSSR count). The smallest absolute Gasteiger partial charge is 0.153 e. The lowest BCUT2D eigenvalue weighted by molar-refractivity contribution is -0.129. The fraction of sp³-hybridized carbons (Fsp3) is 0.537. The van der Waals surface area contributed by atoms with Gasteiger partial charge in [0.1, 0.15) is 47.1 Å². The molecule has 6 N–H and O–H groups in total. The van der Waals surface area contributed by atoms with E-state index in [1.165, 1.54) is 135 Å². The Labute approximate surface area is 559 Å². The Kier molecular flexibility index (Phi) is 17.5. The van der Waals surface area contributed by atoms with Gasteiger partial charge >= 0.3 is 0 Å². The van der Waals surface area contributed by atoms with Gasteiger partial charge in [-0.1, -0.05) is 122 Å². The van der Waals surface area contributed by atoms with Crippen LogP contribution in [-0.2, 0) is 52.9 Å². The second-order valence-corrected chi connectivity index (χ2v) is 32.4. The van der Waals surface area contributed by atoms with Crippen LogP contribution in [0.2, 0.25) is 0 Å². The van der Waals surface area contributed by atoms with E-state index < -0.39 is 5.41 Å². The number of phenols is 1. The molecule has 0 radical (unpaired) electrons. The quantitative estimate of drug-likeness (QED) is 0.130. The zero-order chi connectivity index (χ0) is 67.1. The second kappa shape index (κ2) is 24.7. The van der Waals surface area contributed by atoms with Crippen molar-refractivity contribution in [2.75, 3.05) is 18.6 Å². The highest BCUT2D eigenvalue weighted by atomic mass is 16.5. The summed E-state index contributed by atoms with van der Waals surface area (Å²) in [5.41, 5.74) is 32.6. The summed E-state index contributed by atoms with van der Waals surface area (Å²) in [6, 6.07) is 21.3. The van der Waals surface area contributed by atoms with Crippen molar-refractivity contribution in [2.45, 2.75) is 275 Å². The highest BCUT2D eigenvalue weighted by Crippen LogP contribution is 2.60. The van der Waals surface area contributed by atoms with Crippen LogP contribution in [0.1, 0.15) is 269 Å². The molecular formula is C82H106N8O4. The van der Waals surface area contributed by atoms with Gasteiger partial charge in [-0.2, -0.15) is 0 Å². The zero-order valence-corrected chi connectivity index (χ0v) is 59.2. The molecule has 0 unspecified atom stereocenters. The first kappa shape index (κ1) is 66.7. The van der Waals surface area contributed by atoms with Gasteiger partial charge in [-0.05, 0) is 263 Å². The van der Waals surface area contributed by atoms with Crippen molar-refractivity contribution < 1.29 is 19.4 Å². The van der Waals surface area contributed by atoms with E-state index in [1.54, 1.807) is 48.0 Å². The number of aromatic hydroxyl groups is 1. The number of hydrogen-bond acceptors (Lipinski definition) is 10. The van der Waals surface area contributed by atoms with Gasteiger partial charge in [0.25, 0.3) is 0 Å². The van der Waals surface area contributed by atoms with E-state index in [4.69, 9.17) is 16.2 Å². The number of carbonyl (C=O) groups excluding carboxylic acids is 2. The fourth-order valence-corrected chi connectivity index (χ4v) is 21.0. The lowest BCUT2D eigenvalue weighted by Crippen LogP contribution is -2.40. The van der Waals surface area contributed by atoms with Crippen molar-refractivity contribution in [3.05, 3.63) is 158 Å². The molecule has 4 aromatic heterocycles. The summed E-state index contributed by atoms with van der Waals surface area (Å²) < 4.78 is 7.62. The number of nitrogen functional groups attached to an aromatic ring is 2. The lowest BCUT2D eigenvalue weighted by Gasteiger charge is -2.36. The van der Waals surface area contributed by atoms with Gasteiger partial charge in [0.05, 0.1) is 28.7 Å². The van der Waals surface area contributed by atoms with Gasteiger partial charge in [0.2, 0.25) is 0 Å². The molecule has 8 aliphatic carbocycles. The lowest BCUT2D eigenvalue weighted by atomic mass is 9.68. The first-order valence-corrected chi connectivity index (χ1v) is 35.6. The van der Waals surface area contributed by atoms with Crippen LogP contribution in [-0.4, -0.2) is 53.3 Å². The van der Waals surface area contributed by atoms with Gasteiger partial charge < -0.3 is 30.9 Å². The number of fused-ring (bicyclic) bond motifs is 10.